The van der Waals surface area contributed by atoms with Crippen molar-refractivity contribution < 1.29 is 37.5 Å². The van der Waals surface area contributed by atoms with Crippen LogP contribution in [0, 0.1) is 0 Å². The van der Waals surface area contributed by atoms with Crippen molar-refractivity contribution in [1.82, 2.24) is 20.3 Å². The van der Waals surface area contributed by atoms with Crippen molar-refractivity contribution in [3.63, 3.8) is 0 Å². The lowest BCUT2D eigenvalue weighted by molar-refractivity contribution is 0.0602. The Bertz CT molecular complexity index is 2940. The van der Waals surface area contributed by atoms with Crippen molar-refractivity contribution in [3.05, 3.63) is 118 Å². The second-order valence-electron chi connectivity index (χ2n) is 19.0. The van der Waals surface area contributed by atoms with Gasteiger partial charge >= 0.3 is 12.1 Å². The number of benzene rings is 2. The molecule has 0 saturated carbocycles. The van der Waals surface area contributed by atoms with Crippen molar-refractivity contribution in [3.8, 4) is 22.3 Å². The lowest BCUT2D eigenvalue weighted by Gasteiger charge is -2.27. The largest absolute Gasteiger partial charge is 0.472 e. The summed E-state index contributed by atoms with van der Waals surface area (Å²) in [5.41, 5.74) is 11.9. The van der Waals surface area contributed by atoms with Crippen LogP contribution in [-0.2, 0) is 22.3 Å². The maximum Gasteiger partial charge on any atom is 0.412 e. The van der Waals surface area contributed by atoms with Gasteiger partial charge in [-0.1, -0.05) is 46.1 Å². The number of esters is 1. The minimum absolute atomic E-state index is 0.00701. The number of piperidine rings is 2. The van der Waals surface area contributed by atoms with Gasteiger partial charge in [0.05, 0.1) is 55.6 Å². The molecule has 2 aromatic carbocycles. The highest BCUT2D eigenvalue weighted by Crippen LogP contribution is 2.32. The standard InChI is InChI=1S/C25H29N3O4S.C19H20N4O2S.C10H14N2O2S/c1-25(2,3)32-24(30)27-20-8-7-17(18-9-12-31-16-18)13-19(20)14-21(29)22-15-26-23(33-22)28-10-5-4-6-11-28;20-16-2-1-13(14-3-8-25-12-14)9-15(16)10-17(24)19-22-11-18(26-19)23-6-4-21-5-7-23;1-14-9(13)8-7-11-10(15-8)12-5-3-2-4-6-12/h7-9,12-13,15-16H,4-6,10-11,14H2,1-3H3,(H,27,30);1-3,8-9,11-12,21H,4-7,10,20H2;7H,2-6H2,1H3. The van der Waals surface area contributed by atoms with Crippen molar-refractivity contribution in [1.29, 1.82) is 0 Å². The minimum atomic E-state index is -0.621. The van der Waals surface area contributed by atoms with Gasteiger partial charge in [-0.2, -0.15) is 0 Å². The Kier molecular flexibility index (Phi) is 18.3. The molecule has 3 saturated heterocycles. The predicted molar refractivity (Wildman–Crippen MR) is 294 cm³/mol. The number of Topliss-reactive ketones (excluding diaryl/α,β-unsaturated/α-hetero) is 2. The van der Waals surface area contributed by atoms with Crippen LogP contribution in [0.1, 0.15) is 99.6 Å². The molecule has 17 nitrogen and oxygen atoms in total. The molecule has 0 spiro atoms. The van der Waals surface area contributed by atoms with Crippen LogP contribution < -0.4 is 31.1 Å². The summed E-state index contributed by atoms with van der Waals surface area (Å²) in [6.07, 6.45) is 18.7. The van der Waals surface area contributed by atoms with Crippen LogP contribution in [0.2, 0.25) is 0 Å². The highest BCUT2D eigenvalue weighted by atomic mass is 32.1. The van der Waals surface area contributed by atoms with Crippen LogP contribution in [0.15, 0.2) is 101 Å². The molecule has 8 heterocycles. The van der Waals surface area contributed by atoms with E-state index in [1.165, 1.54) is 66.8 Å². The first kappa shape index (κ1) is 53.4. The molecule has 3 aliphatic heterocycles. The number of nitrogens with one attached hydrogen (secondary N) is 2. The highest BCUT2D eigenvalue weighted by molar-refractivity contribution is 7.18. The number of ether oxygens (including phenoxy) is 2. The maximum absolute atomic E-state index is 13.2. The van der Waals surface area contributed by atoms with E-state index in [0.29, 0.717) is 31.7 Å². The van der Waals surface area contributed by atoms with E-state index >= 15 is 0 Å². The quantitative estimate of drug-likeness (QED) is 0.0557. The van der Waals surface area contributed by atoms with Gasteiger partial charge in [0.15, 0.2) is 26.8 Å². The highest BCUT2D eigenvalue weighted by Gasteiger charge is 2.23. The topological polar surface area (TPSA) is 211 Å². The van der Waals surface area contributed by atoms with E-state index in [1.54, 1.807) is 49.7 Å². The van der Waals surface area contributed by atoms with E-state index in [-0.39, 0.29) is 30.4 Å². The Morgan fingerprint density at radius 3 is 1.81 bits per heavy atom. The van der Waals surface area contributed by atoms with Gasteiger partial charge in [-0.25, -0.2) is 24.5 Å². The number of carbonyl (C=O) groups excluding carboxylic acids is 4. The molecule has 20 heteroatoms. The van der Waals surface area contributed by atoms with Crippen LogP contribution >= 0.6 is 34.0 Å². The zero-order valence-corrected chi connectivity index (χ0v) is 44.7. The van der Waals surface area contributed by atoms with E-state index in [2.05, 4.69) is 45.0 Å². The molecule has 0 radical (unpaired) electrons. The first-order valence-corrected chi connectivity index (χ1v) is 27.3. The van der Waals surface area contributed by atoms with Gasteiger partial charge in [0.2, 0.25) is 0 Å². The first-order valence-electron chi connectivity index (χ1n) is 24.8. The minimum Gasteiger partial charge on any atom is -0.472 e. The van der Waals surface area contributed by atoms with Crippen molar-refractivity contribution in [2.24, 2.45) is 0 Å². The molecule has 3 aliphatic rings. The van der Waals surface area contributed by atoms with Gasteiger partial charge in [0.25, 0.3) is 0 Å². The normalized spacial score (nSPS) is 14.8. The third-order valence-electron chi connectivity index (χ3n) is 12.4. The second-order valence-corrected chi connectivity index (χ2v) is 22.0. The van der Waals surface area contributed by atoms with Gasteiger partial charge < -0.3 is 44.1 Å². The number of hydrogen-bond donors (Lipinski definition) is 3. The van der Waals surface area contributed by atoms with Gasteiger partial charge in [-0.15, -0.1) is 0 Å². The molecule has 0 aliphatic carbocycles. The number of ketones is 2. The summed E-state index contributed by atoms with van der Waals surface area (Å²) in [6.45, 7) is 13.3. The summed E-state index contributed by atoms with van der Waals surface area (Å²) in [5, 5.41) is 9.55. The number of thiazole rings is 3. The van der Waals surface area contributed by atoms with Crippen molar-refractivity contribution in [2.45, 2.75) is 77.7 Å². The van der Waals surface area contributed by atoms with Crippen LogP contribution in [-0.4, -0.2) is 104 Å². The third-order valence-corrected chi connectivity index (χ3v) is 15.6. The summed E-state index contributed by atoms with van der Waals surface area (Å²) in [5.74, 6) is -0.337. The average Bonchev–Trinajstić information content (AvgIpc) is 4.28. The van der Waals surface area contributed by atoms with E-state index in [1.807, 2.05) is 63.2 Å². The Hall–Kier alpha value is -6.87. The third kappa shape index (κ3) is 14.7. The molecule has 5 aromatic heterocycles. The number of methoxy groups -OCH3 is 1. The molecular formula is C54H63N9O8S3. The summed E-state index contributed by atoms with van der Waals surface area (Å²) in [7, 11) is 1.39. The average molecular weight is 1060 g/mol. The number of piperazine rings is 1. The van der Waals surface area contributed by atoms with Gasteiger partial charge in [0.1, 0.15) is 15.5 Å². The number of rotatable bonds is 13. The molecule has 74 heavy (non-hydrogen) atoms. The molecule has 1 amide bonds. The smallest absolute Gasteiger partial charge is 0.412 e. The predicted octanol–water partition coefficient (Wildman–Crippen LogP) is 10.9. The zero-order valence-electron chi connectivity index (χ0n) is 42.2. The van der Waals surface area contributed by atoms with Crippen molar-refractivity contribution in [2.75, 3.05) is 85.2 Å². The number of anilines is 5. The van der Waals surface area contributed by atoms with Crippen LogP contribution in [0.3, 0.4) is 0 Å². The van der Waals surface area contributed by atoms with E-state index in [4.69, 9.17) is 19.3 Å². The van der Waals surface area contributed by atoms with Crippen LogP contribution in [0.25, 0.3) is 22.3 Å². The number of nitrogens with two attached hydrogens (primary N) is 1. The molecule has 7 aromatic rings. The number of furan rings is 2. The molecule has 390 valence electrons. The number of carbonyl (C=O) groups is 4. The van der Waals surface area contributed by atoms with Gasteiger partial charge in [0, 0.05) is 87.7 Å². The zero-order chi connectivity index (χ0) is 52.0. The number of nitrogen functional groups attached to an aromatic ring is 1. The van der Waals surface area contributed by atoms with E-state index < -0.39 is 11.7 Å². The number of hydrogen-bond acceptors (Lipinski definition) is 19. The Morgan fingerprint density at radius 2 is 1.23 bits per heavy atom. The Morgan fingerprint density at radius 1 is 0.662 bits per heavy atom. The Labute approximate surface area is 443 Å². The molecule has 0 atom stereocenters. The summed E-state index contributed by atoms with van der Waals surface area (Å²) in [6, 6.07) is 15.0. The molecule has 10 rings (SSSR count). The van der Waals surface area contributed by atoms with Crippen LogP contribution in [0.5, 0.6) is 0 Å². The first-order chi connectivity index (χ1) is 35.8. The monoisotopic (exact) mass is 1060 g/mol. The summed E-state index contributed by atoms with van der Waals surface area (Å²) >= 11 is 4.30. The molecule has 4 N–H and O–H groups in total. The van der Waals surface area contributed by atoms with Gasteiger partial charge in [-0.3, -0.25) is 14.9 Å². The lowest BCUT2D eigenvalue weighted by atomic mass is 10.00. The molecular weight excluding hydrogens is 999 g/mol. The summed E-state index contributed by atoms with van der Waals surface area (Å²) in [4.78, 5) is 70.5. The molecule has 0 unspecified atom stereocenters. The maximum atomic E-state index is 13.2. The molecule has 3 fully saturated rings. The van der Waals surface area contributed by atoms with Gasteiger partial charge in [-0.05, 0) is 118 Å². The fourth-order valence-corrected chi connectivity index (χ4v) is 11.2. The van der Waals surface area contributed by atoms with E-state index in [9.17, 15) is 19.2 Å². The number of aromatic nitrogens is 3. The SMILES string of the molecule is CC(C)(C)OC(=O)Nc1ccc(-c2ccoc2)cc1CC(=O)c1cnc(N2CCCCC2)s1.COC(=O)c1cnc(N2CCCCC2)s1.Nc1ccc(-c2ccoc2)cc1CC(=O)c1ncc(N2CCNCC2)s1. The van der Waals surface area contributed by atoms with E-state index in [0.717, 1.165) is 108 Å². The summed E-state index contributed by atoms with van der Waals surface area (Å²) < 4.78 is 20.4. The fourth-order valence-electron chi connectivity index (χ4n) is 8.50. The lowest BCUT2D eigenvalue weighted by Crippen LogP contribution is -2.43. The van der Waals surface area contributed by atoms with Crippen LogP contribution in [0.4, 0.5) is 31.4 Å². The Balaban J connectivity index is 0.000000158. The fraction of sp³-hybridized carbons (Fsp3) is 0.389. The second kappa shape index (κ2) is 25.4. The number of nitrogens with zero attached hydrogens (tertiary/aromatic N) is 6. The number of amides is 1. The van der Waals surface area contributed by atoms with Crippen molar-refractivity contribution >= 4 is 84.3 Å². The molecule has 0 bridgehead atoms.